The molecule has 0 spiro atoms. The van der Waals surface area contributed by atoms with Gasteiger partial charge in [-0.2, -0.15) is 11.3 Å². The Hall–Kier alpha value is -1.94. The number of aliphatic hydroxyl groups is 1. The summed E-state index contributed by atoms with van der Waals surface area (Å²) in [5.41, 5.74) is 1.13. The van der Waals surface area contributed by atoms with Crippen molar-refractivity contribution in [3.63, 3.8) is 0 Å². The summed E-state index contributed by atoms with van der Waals surface area (Å²) in [6.45, 7) is 2.86. The number of likely N-dealkylation sites (tertiary alicyclic amines) is 1. The number of hydrogen-bond acceptors (Lipinski definition) is 7. The summed E-state index contributed by atoms with van der Waals surface area (Å²) in [7, 11) is 0. The lowest BCUT2D eigenvalue weighted by atomic mass is 9.95. The Kier molecular flexibility index (Phi) is 9.13. The normalized spacial score (nSPS) is 21.4. The number of thiophene rings is 1. The monoisotopic (exact) mass is 438 g/mol. The van der Waals surface area contributed by atoms with E-state index in [0.29, 0.717) is 45.6 Å². The molecule has 2 aliphatic heterocycles. The van der Waals surface area contributed by atoms with Gasteiger partial charge in [-0.3, -0.25) is 9.59 Å². The van der Waals surface area contributed by atoms with Gasteiger partial charge in [0.15, 0.2) is 5.76 Å². The van der Waals surface area contributed by atoms with E-state index in [4.69, 9.17) is 19.3 Å². The molecular weight excluding hydrogens is 408 g/mol. The van der Waals surface area contributed by atoms with Crippen LogP contribution >= 0.6 is 11.3 Å². The van der Waals surface area contributed by atoms with Crippen LogP contribution in [0.5, 0.6) is 0 Å². The summed E-state index contributed by atoms with van der Waals surface area (Å²) >= 11 is 1.61. The fourth-order valence-electron chi connectivity index (χ4n) is 3.54. The summed E-state index contributed by atoms with van der Waals surface area (Å²) in [6.07, 6.45) is 4.18. The molecule has 2 amide bonds. The molecule has 166 valence electrons. The van der Waals surface area contributed by atoms with Crippen LogP contribution in [-0.2, 0) is 23.8 Å². The topological polar surface area (TPSA) is 97.3 Å². The van der Waals surface area contributed by atoms with E-state index in [-0.39, 0.29) is 36.7 Å². The minimum Gasteiger partial charge on any atom is -0.459 e. The number of ether oxygens (including phenoxy) is 3. The maximum Gasteiger partial charge on any atom is 0.286 e. The molecule has 9 heteroatoms. The quantitative estimate of drug-likeness (QED) is 0.482. The number of hydrogen-bond donors (Lipinski definition) is 2. The lowest BCUT2D eigenvalue weighted by Crippen LogP contribution is -2.35. The van der Waals surface area contributed by atoms with Crippen LogP contribution in [0.4, 0.5) is 0 Å². The second kappa shape index (κ2) is 12.0. The van der Waals surface area contributed by atoms with Gasteiger partial charge in [0.2, 0.25) is 12.2 Å². The first-order valence-corrected chi connectivity index (χ1v) is 11.4. The van der Waals surface area contributed by atoms with Crippen LogP contribution in [0.2, 0.25) is 0 Å². The van der Waals surface area contributed by atoms with Gasteiger partial charge in [0.25, 0.3) is 5.91 Å². The van der Waals surface area contributed by atoms with Crippen molar-refractivity contribution in [2.45, 2.75) is 37.9 Å². The minimum absolute atomic E-state index is 0.0286. The summed E-state index contributed by atoms with van der Waals surface area (Å²) in [5, 5.41) is 15.7. The molecule has 8 nitrogen and oxygen atoms in total. The van der Waals surface area contributed by atoms with Crippen molar-refractivity contribution in [2.75, 3.05) is 46.1 Å². The van der Waals surface area contributed by atoms with Gasteiger partial charge in [-0.25, -0.2) is 0 Å². The first-order chi connectivity index (χ1) is 14.7. The van der Waals surface area contributed by atoms with E-state index < -0.39 is 6.29 Å². The minimum atomic E-state index is -0.541. The molecule has 1 saturated heterocycles. The molecule has 1 aromatic heterocycles. The molecule has 0 saturated carbocycles. The Balaban J connectivity index is 1.49. The number of aliphatic hydroxyl groups excluding tert-OH is 1. The molecular formula is C21H30N2O6S. The number of allylic oxidation sites excluding steroid dienone is 1. The number of carbonyl (C=O) groups is 2. The van der Waals surface area contributed by atoms with Crippen molar-refractivity contribution < 1.29 is 28.9 Å². The van der Waals surface area contributed by atoms with Crippen molar-refractivity contribution >= 4 is 23.2 Å². The zero-order valence-corrected chi connectivity index (χ0v) is 17.9. The predicted molar refractivity (Wildman–Crippen MR) is 112 cm³/mol. The predicted octanol–water partition coefficient (Wildman–Crippen LogP) is 1.62. The number of nitrogens with zero attached hydrogens (tertiary/aromatic N) is 1. The molecule has 0 unspecified atom stereocenters. The van der Waals surface area contributed by atoms with Gasteiger partial charge < -0.3 is 29.5 Å². The van der Waals surface area contributed by atoms with E-state index in [1.54, 1.807) is 11.3 Å². The third-order valence-corrected chi connectivity index (χ3v) is 5.78. The summed E-state index contributed by atoms with van der Waals surface area (Å²) in [4.78, 5) is 26.1. The molecule has 3 heterocycles. The van der Waals surface area contributed by atoms with E-state index in [0.717, 1.165) is 18.5 Å². The Labute approximate surface area is 180 Å². The number of nitrogens with one attached hydrogen (secondary N) is 1. The highest BCUT2D eigenvalue weighted by Crippen LogP contribution is 2.32. The summed E-state index contributed by atoms with van der Waals surface area (Å²) in [5.74, 6) is 0.223. The van der Waals surface area contributed by atoms with Gasteiger partial charge in [-0.1, -0.05) is 0 Å². The number of amides is 2. The third kappa shape index (κ3) is 6.80. The van der Waals surface area contributed by atoms with Crippen LogP contribution in [0.25, 0.3) is 0 Å². The van der Waals surface area contributed by atoms with E-state index in [9.17, 15) is 9.59 Å². The van der Waals surface area contributed by atoms with Crippen LogP contribution in [0.1, 0.15) is 37.2 Å². The summed E-state index contributed by atoms with van der Waals surface area (Å²) < 4.78 is 16.8. The Morgan fingerprint density at radius 2 is 2.27 bits per heavy atom. The Morgan fingerprint density at radius 1 is 1.37 bits per heavy atom. The fraction of sp³-hybridized carbons (Fsp3) is 0.619. The van der Waals surface area contributed by atoms with Crippen LogP contribution < -0.4 is 5.32 Å². The molecule has 3 rings (SSSR count). The largest absolute Gasteiger partial charge is 0.459 e. The van der Waals surface area contributed by atoms with Gasteiger partial charge in [-0.05, 0) is 41.3 Å². The first-order valence-electron chi connectivity index (χ1n) is 10.4. The highest BCUT2D eigenvalue weighted by molar-refractivity contribution is 7.08. The highest BCUT2D eigenvalue weighted by atomic mass is 32.1. The number of carbonyl (C=O) groups excluding carboxylic acids is 2. The Morgan fingerprint density at radius 3 is 3.00 bits per heavy atom. The van der Waals surface area contributed by atoms with E-state index >= 15 is 0 Å². The van der Waals surface area contributed by atoms with E-state index in [1.807, 2.05) is 22.4 Å². The lowest BCUT2D eigenvalue weighted by Gasteiger charge is -2.29. The zero-order chi connectivity index (χ0) is 21.2. The molecule has 2 atom stereocenters. The second-order valence-corrected chi connectivity index (χ2v) is 8.06. The van der Waals surface area contributed by atoms with E-state index in [2.05, 4.69) is 10.7 Å². The number of rotatable bonds is 12. The van der Waals surface area contributed by atoms with Crippen LogP contribution in [0.15, 0.2) is 28.7 Å². The molecule has 0 aliphatic carbocycles. The molecule has 2 N–H and O–H groups in total. The van der Waals surface area contributed by atoms with Gasteiger partial charge in [0.05, 0.1) is 26.4 Å². The van der Waals surface area contributed by atoms with Gasteiger partial charge in [0.1, 0.15) is 0 Å². The average molecular weight is 439 g/mol. The second-order valence-electron chi connectivity index (χ2n) is 7.28. The standard InChI is InChI=1S/C21H30N2O6S/c24-8-9-27-10-11-28-20-14-17(16-4-12-30-15-16)13-18(29-20)21(26)22-5-2-7-23-6-1-3-19(23)25/h4,12-13,15,17,20,24H,1-3,5-11,14H2,(H,22,26)/t17-,20+/m0/s1. The highest BCUT2D eigenvalue weighted by Gasteiger charge is 2.29. The first kappa shape index (κ1) is 22.7. The van der Waals surface area contributed by atoms with Gasteiger partial charge in [-0.15, -0.1) is 0 Å². The van der Waals surface area contributed by atoms with Crippen molar-refractivity contribution in [3.8, 4) is 0 Å². The average Bonchev–Trinajstić information content (AvgIpc) is 3.43. The van der Waals surface area contributed by atoms with Crippen molar-refractivity contribution in [1.29, 1.82) is 0 Å². The van der Waals surface area contributed by atoms with E-state index in [1.165, 1.54) is 0 Å². The molecule has 1 aromatic rings. The SMILES string of the molecule is O=C(NCCCN1CCCC1=O)C1=C[C@H](c2ccsc2)C[C@H](OCCOCCO)O1. The van der Waals surface area contributed by atoms with Crippen molar-refractivity contribution in [2.24, 2.45) is 0 Å². The summed E-state index contributed by atoms with van der Waals surface area (Å²) in [6, 6.07) is 2.04. The maximum absolute atomic E-state index is 12.6. The lowest BCUT2D eigenvalue weighted by molar-refractivity contribution is -0.151. The van der Waals surface area contributed by atoms with Crippen LogP contribution in [0, 0.1) is 0 Å². The molecule has 30 heavy (non-hydrogen) atoms. The van der Waals surface area contributed by atoms with Crippen molar-refractivity contribution in [3.05, 3.63) is 34.2 Å². The maximum atomic E-state index is 12.6. The van der Waals surface area contributed by atoms with Gasteiger partial charge >= 0.3 is 0 Å². The van der Waals surface area contributed by atoms with Gasteiger partial charge in [0, 0.05) is 38.4 Å². The molecule has 0 bridgehead atoms. The van der Waals surface area contributed by atoms with Crippen LogP contribution in [-0.4, -0.2) is 74.2 Å². The zero-order valence-electron chi connectivity index (χ0n) is 17.1. The molecule has 0 radical (unpaired) electrons. The van der Waals surface area contributed by atoms with Crippen LogP contribution in [0.3, 0.4) is 0 Å². The molecule has 2 aliphatic rings. The fourth-order valence-corrected chi connectivity index (χ4v) is 4.27. The smallest absolute Gasteiger partial charge is 0.286 e. The molecule has 1 fully saturated rings. The Bertz CT molecular complexity index is 708. The van der Waals surface area contributed by atoms with Crippen molar-refractivity contribution in [1.82, 2.24) is 10.2 Å². The molecule has 0 aromatic carbocycles. The third-order valence-electron chi connectivity index (χ3n) is 5.08.